The molecule has 0 fully saturated rings. The van der Waals surface area contributed by atoms with Crippen LogP contribution in [0.5, 0.6) is 0 Å². The molecule has 0 saturated carbocycles. The van der Waals surface area contributed by atoms with E-state index in [1.54, 1.807) is 35.1 Å². The zero-order chi connectivity index (χ0) is 16.4. The van der Waals surface area contributed by atoms with E-state index in [0.29, 0.717) is 17.2 Å². The maximum atomic E-state index is 10.4. The van der Waals surface area contributed by atoms with E-state index in [1.165, 1.54) is 0 Å². The van der Waals surface area contributed by atoms with Crippen molar-refractivity contribution in [3.05, 3.63) is 60.9 Å². The molecule has 4 rings (SSSR count). The zero-order valence-electron chi connectivity index (χ0n) is 12.4. The highest BCUT2D eigenvalue weighted by molar-refractivity contribution is 5.66. The first-order valence-electron chi connectivity index (χ1n) is 7.16. The van der Waals surface area contributed by atoms with Gasteiger partial charge in [-0.05, 0) is 36.4 Å². The van der Waals surface area contributed by atoms with Crippen molar-refractivity contribution >= 4 is 17.4 Å². The molecule has 0 spiro atoms. The number of aliphatic imine (C=N–C) groups is 1. The number of aromatic nitrogens is 5. The smallest absolute Gasteiger partial charge is 0.240 e. The number of pyridine rings is 1. The highest BCUT2D eigenvalue weighted by Gasteiger charge is 2.10. The second-order valence-electron chi connectivity index (χ2n) is 5.00. The third-order valence-electron chi connectivity index (χ3n) is 3.52. The second kappa shape index (κ2) is 5.83. The fourth-order valence-electron chi connectivity index (χ4n) is 2.41. The van der Waals surface area contributed by atoms with Crippen LogP contribution in [0.4, 0.5) is 5.69 Å². The number of fused-ring (bicyclic) bond motifs is 1. The summed E-state index contributed by atoms with van der Waals surface area (Å²) in [6.45, 7) is 0. The number of isocyanates is 1. The van der Waals surface area contributed by atoms with E-state index in [-0.39, 0.29) is 0 Å². The van der Waals surface area contributed by atoms with Gasteiger partial charge in [-0.25, -0.2) is 4.79 Å². The molecular formula is C17H10N6O. The Morgan fingerprint density at radius 2 is 1.83 bits per heavy atom. The maximum Gasteiger partial charge on any atom is 0.240 e. The van der Waals surface area contributed by atoms with Gasteiger partial charge in [0.2, 0.25) is 6.08 Å². The van der Waals surface area contributed by atoms with Crippen LogP contribution in [0.1, 0.15) is 0 Å². The van der Waals surface area contributed by atoms with Gasteiger partial charge in [0.1, 0.15) is 0 Å². The van der Waals surface area contributed by atoms with E-state index >= 15 is 0 Å². The number of rotatable bonds is 3. The lowest BCUT2D eigenvalue weighted by atomic mass is 10.1. The summed E-state index contributed by atoms with van der Waals surface area (Å²) in [5.74, 6) is 0.635. The number of hydrogen-bond donors (Lipinski definition) is 0. The minimum absolute atomic E-state index is 0.530. The van der Waals surface area contributed by atoms with Crippen LogP contribution in [0.25, 0.3) is 28.3 Å². The molecule has 0 radical (unpaired) electrons. The molecule has 0 aliphatic heterocycles. The lowest BCUT2D eigenvalue weighted by Crippen LogP contribution is -1.97. The third kappa shape index (κ3) is 2.45. The number of hydrogen-bond acceptors (Lipinski definition) is 6. The van der Waals surface area contributed by atoms with Gasteiger partial charge in [-0.2, -0.15) is 14.6 Å². The molecule has 3 heterocycles. The first-order valence-corrected chi connectivity index (χ1v) is 7.16. The molecule has 0 amide bonds. The van der Waals surface area contributed by atoms with Gasteiger partial charge in [-0.3, -0.25) is 4.98 Å². The largest absolute Gasteiger partial charge is 0.265 e. The minimum atomic E-state index is 0.530. The van der Waals surface area contributed by atoms with Crippen LogP contribution >= 0.6 is 0 Å². The van der Waals surface area contributed by atoms with Crippen LogP contribution < -0.4 is 0 Å². The average molecular weight is 314 g/mol. The molecule has 114 valence electrons. The van der Waals surface area contributed by atoms with E-state index in [2.05, 4.69) is 25.3 Å². The average Bonchev–Trinajstić information content (AvgIpc) is 3.06. The predicted molar refractivity (Wildman–Crippen MR) is 87.2 cm³/mol. The van der Waals surface area contributed by atoms with Gasteiger partial charge in [0.05, 0.1) is 11.4 Å². The number of carbonyl (C=O) groups excluding carboxylic acids is 1. The molecule has 0 unspecified atom stereocenters. The lowest BCUT2D eigenvalue weighted by molar-refractivity contribution is 0.565. The number of nitrogens with zero attached hydrogens (tertiary/aromatic N) is 6. The molecule has 3 aromatic heterocycles. The molecular weight excluding hydrogens is 304 g/mol. The monoisotopic (exact) mass is 314 g/mol. The Labute approximate surface area is 136 Å². The first-order chi connectivity index (χ1) is 11.8. The van der Waals surface area contributed by atoms with Gasteiger partial charge < -0.3 is 0 Å². The SMILES string of the molecule is O=C=Nc1cccc(-c2ccc3nnc(-c4ccncc4)n3n2)c1. The summed E-state index contributed by atoms with van der Waals surface area (Å²) in [7, 11) is 0. The standard InChI is InChI=1S/C17H10N6O/c24-11-19-14-3-1-2-13(10-14)15-4-5-16-20-21-17(23(16)22-15)12-6-8-18-9-7-12/h1-10H. The maximum absolute atomic E-state index is 10.4. The van der Waals surface area contributed by atoms with Crippen LogP contribution in [0, 0.1) is 0 Å². The van der Waals surface area contributed by atoms with Crippen molar-refractivity contribution in [2.75, 3.05) is 0 Å². The highest BCUT2D eigenvalue weighted by atomic mass is 16.1. The van der Waals surface area contributed by atoms with Crippen molar-refractivity contribution in [1.82, 2.24) is 24.8 Å². The minimum Gasteiger partial charge on any atom is -0.265 e. The fourth-order valence-corrected chi connectivity index (χ4v) is 2.41. The summed E-state index contributed by atoms with van der Waals surface area (Å²) in [6.07, 6.45) is 4.93. The third-order valence-corrected chi connectivity index (χ3v) is 3.52. The molecule has 0 N–H and O–H groups in total. The summed E-state index contributed by atoms with van der Waals surface area (Å²) in [6, 6.07) is 14.6. The van der Waals surface area contributed by atoms with Gasteiger partial charge in [0.15, 0.2) is 11.5 Å². The van der Waals surface area contributed by atoms with Crippen LogP contribution in [-0.4, -0.2) is 30.9 Å². The van der Waals surface area contributed by atoms with E-state index in [0.717, 1.165) is 16.8 Å². The number of benzene rings is 1. The van der Waals surface area contributed by atoms with Gasteiger partial charge in [0.25, 0.3) is 0 Å². The molecule has 0 aliphatic rings. The molecule has 1 aromatic carbocycles. The molecule has 0 atom stereocenters. The Hall–Kier alpha value is -3.70. The summed E-state index contributed by atoms with van der Waals surface area (Å²) >= 11 is 0. The van der Waals surface area contributed by atoms with Crippen molar-refractivity contribution in [2.45, 2.75) is 0 Å². The Morgan fingerprint density at radius 3 is 2.67 bits per heavy atom. The molecule has 7 heteroatoms. The molecule has 7 nitrogen and oxygen atoms in total. The van der Waals surface area contributed by atoms with Gasteiger partial charge in [-0.1, -0.05) is 12.1 Å². The molecule has 4 aromatic rings. The van der Waals surface area contributed by atoms with Crippen molar-refractivity contribution in [3.63, 3.8) is 0 Å². The Balaban J connectivity index is 1.86. The summed E-state index contributed by atoms with van der Waals surface area (Å²) < 4.78 is 1.68. The lowest BCUT2D eigenvalue weighted by Gasteiger charge is -2.04. The summed E-state index contributed by atoms with van der Waals surface area (Å²) in [4.78, 5) is 18.1. The first kappa shape index (κ1) is 13.9. The normalized spacial score (nSPS) is 10.5. The van der Waals surface area contributed by atoms with Crippen LogP contribution in [0.15, 0.2) is 65.9 Å². The van der Waals surface area contributed by atoms with E-state index in [9.17, 15) is 4.79 Å². The van der Waals surface area contributed by atoms with Gasteiger partial charge in [0, 0.05) is 23.5 Å². The summed E-state index contributed by atoms with van der Waals surface area (Å²) in [5.41, 5.74) is 3.61. The van der Waals surface area contributed by atoms with Crippen molar-refractivity contribution in [3.8, 4) is 22.6 Å². The topological polar surface area (TPSA) is 85.4 Å². The Bertz CT molecular complexity index is 1070. The van der Waals surface area contributed by atoms with Gasteiger partial charge >= 0.3 is 0 Å². The van der Waals surface area contributed by atoms with Crippen molar-refractivity contribution in [2.24, 2.45) is 4.99 Å². The fraction of sp³-hybridized carbons (Fsp3) is 0. The van der Waals surface area contributed by atoms with E-state index < -0.39 is 0 Å². The highest BCUT2D eigenvalue weighted by Crippen LogP contribution is 2.24. The van der Waals surface area contributed by atoms with E-state index in [4.69, 9.17) is 0 Å². The molecule has 0 bridgehead atoms. The van der Waals surface area contributed by atoms with Crippen LogP contribution in [0.3, 0.4) is 0 Å². The predicted octanol–water partition coefficient (Wildman–Crippen LogP) is 2.82. The quantitative estimate of drug-likeness (QED) is 0.429. The summed E-state index contributed by atoms with van der Waals surface area (Å²) in [5, 5.41) is 13.0. The van der Waals surface area contributed by atoms with Gasteiger partial charge in [-0.15, -0.1) is 10.2 Å². The molecule has 24 heavy (non-hydrogen) atoms. The van der Waals surface area contributed by atoms with E-state index in [1.807, 2.05) is 36.4 Å². The molecule has 0 saturated heterocycles. The van der Waals surface area contributed by atoms with Crippen LogP contribution in [-0.2, 0) is 4.79 Å². The Kier molecular flexibility index (Phi) is 3.38. The zero-order valence-corrected chi connectivity index (χ0v) is 12.4. The second-order valence-corrected chi connectivity index (χ2v) is 5.00. The van der Waals surface area contributed by atoms with Crippen molar-refractivity contribution in [1.29, 1.82) is 0 Å². The molecule has 0 aliphatic carbocycles. The van der Waals surface area contributed by atoms with Crippen molar-refractivity contribution < 1.29 is 4.79 Å². The Morgan fingerprint density at radius 1 is 0.958 bits per heavy atom. The van der Waals surface area contributed by atoms with Crippen LogP contribution in [0.2, 0.25) is 0 Å².